The summed E-state index contributed by atoms with van der Waals surface area (Å²) in [7, 11) is 1.75. The van der Waals surface area contributed by atoms with Crippen molar-refractivity contribution in [1.29, 1.82) is 0 Å². The van der Waals surface area contributed by atoms with Crippen LogP contribution in [0.4, 0.5) is 5.69 Å². The van der Waals surface area contributed by atoms with E-state index < -0.39 is 6.04 Å². The van der Waals surface area contributed by atoms with E-state index in [2.05, 4.69) is 5.32 Å². The second kappa shape index (κ2) is 9.51. The minimum absolute atomic E-state index is 0.0521. The van der Waals surface area contributed by atoms with Crippen LogP contribution in [0.1, 0.15) is 24.8 Å². The van der Waals surface area contributed by atoms with Crippen LogP contribution in [0, 0.1) is 11.8 Å². The molecule has 1 fully saturated rings. The summed E-state index contributed by atoms with van der Waals surface area (Å²) in [5.41, 5.74) is 7.67. The van der Waals surface area contributed by atoms with E-state index >= 15 is 0 Å². The van der Waals surface area contributed by atoms with Gasteiger partial charge in [-0.15, -0.1) is 0 Å². The van der Waals surface area contributed by atoms with Gasteiger partial charge in [0.1, 0.15) is 6.04 Å². The third-order valence-corrected chi connectivity index (χ3v) is 5.67. The van der Waals surface area contributed by atoms with Crippen LogP contribution in [0.3, 0.4) is 0 Å². The molecule has 1 aliphatic rings. The van der Waals surface area contributed by atoms with Crippen LogP contribution in [0.5, 0.6) is 0 Å². The molecule has 5 nitrogen and oxygen atoms in total. The van der Waals surface area contributed by atoms with Gasteiger partial charge in [0.25, 0.3) is 0 Å². The minimum atomic E-state index is -0.612. The van der Waals surface area contributed by atoms with E-state index in [1.807, 2.05) is 60.7 Å². The largest absolute Gasteiger partial charge is 0.344 e. The molecule has 0 heterocycles. The van der Waals surface area contributed by atoms with Gasteiger partial charge < -0.3 is 16.0 Å². The Labute approximate surface area is 166 Å². The van der Waals surface area contributed by atoms with Crippen molar-refractivity contribution in [3.05, 3.63) is 66.2 Å². The molecule has 0 aliphatic heterocycles. The van der Waals surface area contributed by atoms with E-state index in [0.717, 1.165) is 30.5 Å². The molecule has 0 aromatic heterocycles. The zero-order valence-electron chi connectivity index (χ0n) is 16.4. The summed E-state index contributed by atoms with van der Waals surface area (Å²) >= 11 is 0. The molecule has 5 heteroatoms. The molecule has 3 N–H and O–H groups in total. The molecule has 0 saturated heterocycles. The van der Waals surface area contributed by atoms with E-state index in [1.54, 1.807) is 11.9 Å². The fourth-order valence-electron chi connectivity index (χ4n) is 4.01. The highest BCUT2D eigenvalue weighted by atomic mass is 16.2. The third kappa shape index (κ3) is 4.78. The average molecular weight is 380 g/mol. The highest BCUT2D eigenvalue weighted by Crippen LogP contribution is 2.31. The number of amides is 2. The Bertz CT molecular complexity index is 779. The zero-order valence-corrected chi connectivity index (χ0v) is 16.4. The summed E-state index contributed by atoms with van der Waals surface area (Å²) in [5, 5.41) is 3.04. The summed E-state index contributed by atoms with van der Waals surface area (Å²) in [6.45, 7) is 0.513. The maximum absolute atomic E-state index is 13.2. The van der Waals surface area contributed by atoms with E-state index in [1.165, 1.54) is 0 Å². The Kier molecular flexibility index (Phi) is 6.82. The van der Waals surface area contributed by atoms with Gasteiger partial charge in [0.05, 0.1) is 0 Å². The number of hydrogen-bond donors (Lipinski definition) is 2. The maximum atomic E-state index is 13.2. The van der Waals surface area contributed by atoms with Crippen LogP contribution in [0.15, 0.2) is 60.7 Å². The minimum Gasteiger partial charge on any atom is -0.344 e. The van der Waals surface area contributed by atoms with Crippen molar-refractivity contribution in [2.75, 3.05) is 18.5 Å². The fraction of sp³-hybridized carbons (Fsp3) is 0.391. The van der Waals surface area contributed by atoms with E-state index in [-0.39, 0.29) is 23.7 Å². The number of likely N-dealkylation sites (N-methyl/N-ethyl adjacent to an activating group) is 1. The topological polar surface area (TPSA) is 75.4 Å². The van der Waals surface area contributed by atoms with Crippen molar-refractivity contribution in [1.82, 2.24) is 5.32 Å². The highest BCUT2D eigenvalue weighted by Gasteiger charge is 2.34. The zero-order chi connectivity index (χ0) is 19.9. The number of rotatable bonds is 7. The Morgan fingerprint density at radius 2 is 1.71 bits per heavy atom. The van der Waals surface area contributed by atoms with Crippen molar-refractivity contribution >= 4 is 17.5 Å². The van der Waals surface area contributed by atoms with Crippen LogP contribution < -0.4 is 16.0 Å². The van der Waals surface area contributed by atoms with E-state index in [4.69, 9.17) is 5.73 Å². The highest BCUT2D eigenvalue weighted by molar-refractivity contribution is 5.99. The smallest absolute Gasteiger partial charge is 0.249 e. The standard InChI is InChI=1S/C23H29N3O2/c1-26(19-12-6-3-7-13-19)23(28)21(15-17-9-4-2-5-10-17)25-22(27)20-14-8-11-18(20)16-24/h2-7,9-10,12-13,18,20-21H,8,11,14-16,24H2,1H3,(H,25,27)/t18-,20-,21+/m1/s1. The van der Waals surface area contributed by atoms with Crippen molar-refractivity contribution in [2.24, 2.45) is 17.6 Å². The van der Waals surface area contributed by atoms with Crippen LogP contribution in [-0.4, -0.2) is 31.4 Å². The summed E-state index contributed by atoms with van der Waals surface area (Å²) < 4.78 is 0. The summed E-state index contributed by atoms with van der Waals surface area (Å²) in [6, 6.07) is 18.7. The van der Waals surface area contributed by atoms with Crippen LogP contribution in [-0.2, 0) is 16.0 Å². The van der Waals surface area contributed by atoms with Crippen molar-refractivity contribution in [3.63, 3.8) is 0 Å². The lowest BCUT2D eigenvalue weighted by Gasteiger charge is -2.27. The van der Waals surface area contributed by atoms with Crippen molar-refractivity contribution < 1.29 is 9.59 Å². The number of anilines is 1. The molecule has 28 heavy (non-hydrogen) atoms. The SMILES string of the molecule is CN(C(=O)[C@H](Cc1ccccc1)NC(=O)[C@@H]1CCC[C@@H]1CN)c1ccccc1. The number of hydrogen-bond acceptors (Lipinski definition) is 3. The Hall–Kier alpha value is -2.66. The number of nitrogens with two attached hydrogens (primary N) is 1. The number of para-hydroxylation sites is 1. The number of carbonyl (C=O) groups excluding carboxylic acids is 2. The molecule has 148 valence electrons. The quantitative estimate of drug-likeness (QED) is 0.777. The Morgan fingerprint density at radius 1 is 1.07 bits per heavy atom. The van der Waals surface area contributed by atoms with E-state index in [9.17, 15) is 9.59 Å². The van der Waals surface area contributed by atoms with Crippen LogP contribution in [0.25, 0.3) is 0 Å². The second-order valence-electron chi connectivity index (χ2n) is 7.52. The first kappa shape index (κ1) is 20.1. The van der Waals surface area contributed by atoms with Crippen LogP contribution in [0.2, 0.25) is 0 Å². The first-order chi connectivity index (χ1) is 13.6. The summed E-state index contributed by atoms with van der Waals surface area (Å²) in [6.07, 6.45) is 3.30. The molecular weight excluding hydrogens is 350 g/mol. The molecule has 0 bridgehead atoms. The molecule has 0 radical (unpaired) electrons. The average Bonchev–Trinajstić information content (AvgIpc) is 3.22. The molecule has 2 aromatic carbocycles. The number of nitrogens with one attached hydrogen (secondary N) is 1. The molecule has 0 unspecified atom stereocenters. The predicted molar refractivity (Wildman–Crippen MR) is 112 cm³/mol. The van der Waals surface area contributed by atoms with Crippen molar-refractivity contribution in [2.45, 2.75) is 31.7 Å². The number of carbonyl (C=O) groups is 2. The number of benzene rings is 2. The first-order valence-corrected chi connectivity index (χ1v) is 9.97. The molecule has 3 rings (SSSR count). The van der Waals surface area contributed by atoms with Gasteiger partial charge in [0, 0.05) is 25.1 Å². The monoisotopic (exact) mass is 379 g/mol. The number of nitrogens with zero attached hydrogens (tertiary/aromatic N) is 1. The normalized spacial score (nSPS) is 19.8. The van der Waals surface area contributed by atoms with Crippen LogP contribution >= 0.6 is 0 Å². The first-order valence-electron chi connectivity index (χ1n) is 9.97. The van der Waals surface area contributed by atoms with Gasteiger partial charge >= 0.3 is 0 Å². The third-order valence-electron chi connectivity index (χ3n) is 5.67. The Balaban J connectivity index is 1.78. The van der Waals surface area contributed by atoms with Gasteiger partial charge in [0.15, 0.2) is 0 Å². The fourth-order valence-corrected chi connectivity index (χ4v) is 4.01. The molecule has 0 spiro atoms. The maximum Gasteiger partial charge on any atom is 0.249 e. The predicted octanol–water partition coefficient (Wildman–Crippen LogP) is 2.75. The van der Waals surface area contributed by atoms with Gasteiger partial charge in [-0.25, -0.2) is 0 Å². The van der Waals surface area contributed by atoms with Gasteiger partial charge in [0.2, 0.25) is 11.8 Å². The van der Waals surface area contributed by atoms with Gasteiger partial charge in [-0.2, -0.15) is 0 Å². The molecular formula is C23H29N3O2. The van der Waals surface area contributed by atoms with Gasteiger partial charge in [-0.05, 0) is 43.0 Å². The van der Waals surface area contributed by atoms with Gasteiger partial charge in [-0.3, -0.25) is 9.59 Å². The van der Waals surface area contributed by atoms with E-state index in [0.29, 0.717) is 13.0 Å². The van der Waals surface area contributed by atoms with Gasteiger partial charge in [-0.1, -0.05) is 55.0 Å². The molecule has 1 aliphatic carbocycles. The Morgan fingerprint density at radius 3 is 2.36 bits per heavy atom. The lowest BCUT2D eigenvalue weighted by atomic mass is 9.94. The molecule has 2 aromatic rings. The molecule has 3 atom stereocenters. The lowest BCUT2D eigenvalue weighted by molar-refractivity contribution is -0.130. The molecule has 1 saturated carbocycles. The van der Waals surface area contributed by atoms with Crippen molar-refractivity contribution in [3.8, 4) is 0 Å². The second-order valence-corrected chi connectivity index (χ2v) is 7.52. The summed E-state index contributed by atoms with van der Waals surface area (Å²) in [5.74, 6) is -0.0631. The lowest BCUT2D eigenvalue weighted by Crippen LogP contribution is -2.51. The summed E-state index contributed by atoms with van der Waals surface area (Å²) in [4.78, 5) is 27.8. The molecule has 2 amide bonds.